The molecule has 3 atom stereocenters. The van der Waals surface area contributed by atoms with Crippen LogP contribution >= 0.6 is 0 Å². The maximum Gasteiger partial charge on any atom is 0.0593 e. The van der Waals surface area contributed by atoms with Gasteiger partial charge in [-0.3, -0.25) is 4.90 Å². The van der Waals surface area contributed by atoms with Crippen LogP contribution < -0.4 is 0 Å². The lowest BCUT2D eigenvalue weighted by molar-refractivity contribution is 0.0779. The van der Waals surface area contributed by atoms with Crippen LogP contribution in [0.3, 0.4) is 0 Å². The standard InChI is InChI=1S/C14H28N2O/c1-11(2)16-12(3)8-14(9-13(14)16)10-17-7-6-15(4)5/h11-13H,6-10H2,1-5H3/t12-,13-,14+/m1/s1. The predicted molar refractivity (Wildman–Crippen MR) is 71.3 cm³/mol. The van der Waals surface area contributed by atoms with Crippen molar-refractivity contribution in [3.8, 4) is 0 Å². The van der Waals surface area contributed by atoms with Gasteiger partial charge in [-0.25, -0.2) is 0 Å². The Morgan fingerprint density at radius 3 is 2.59 bits per heavy atom. The highest BCUT2D eigenvalue weighted by atomic mass is 16.5. The Kier molecular flexibility index (Phi) is 3.81. The summed E-state index contributed by atoms with van der Waals surface area (Å²) < 4.78 is 5.88. The molecule has 1 heterocycles. The highest BCUT2D eigenvalue weighted by Crippen LogP contribution is 2.60. The molecule has 0 aromatic carbocycles. The lowest BCUT2D eigenvalue weighted by Crippen LogP contribution is -2.36. The molecule has 1 aliphatic heterocycles. The van der Waals surface area contributed by atoms with Crippen LogP contribution in [0.1, 0.15) is 33.6 Å². The minimum Gasteiger partial charge on any atom is -0.379 e. The van der Waals surface area contributed by atoms with Crippen LogP contribution in [0.4, 0.5) is 0 Å². The first-order chi connectivity index (χ1) is 7.96. The second-order valence-corrected chi connectivity index (χ2v) is 6.53. The zero-order valence-corrected chi connectivity index (χ0v) is 12.1. The van der Waals surface area contributed by atoms with Crippen molar-refractivity contribution in [3.05, 3.63) is 0 Å². The normalized spacial score (nSPS) is 36.9. The van der Waals surface area contributed by atoms with Crippen LogP contribution in [-0.2, 0) is 4.74 Å². The molecule has 1 saturated heterocycles. The van der Waals surface area contributed by atoms with Gasteiger partial charge in [0.2, 0.25) is 0 Å². The molecule has 3 heteroatoms. The van der Waals surface area contributed by atoms with Gasteiger partial charge < -0.3 is 9.64 Å². The van der Waals surface area contributed by atoms with E-state index in [4.69, 9.17) is 4.74 Å². The molecule has 0 N–H and O–H groups in total. The van der Waals surface area contributed by atoms with Crippen molar-refractivity contribution >= 4 is 0 Å². The molecular formula is C14H28N2O. The van der Waals surface area contributed by atoms with E-state index in [1.165, 1.54) is 12.8 Å². The number of fused-ring (bicyclic) bond motifs is 1. The van der Waals surface area contributed by atoms with E-state index in [2.05, 4.69) is 44.7 Å². The molecule has 2 fully saturated rings. The molecule has 0 unspecified atom stereocenters. The minimum absolute atomic E-state index is 0.510. The Morgan fingerprint density at radius 1 is 1.35 bits per heavy atom. The fourth-order valence-corrected chi connectivity index (χ4v) is 3.57. The molecule has 0 radical (unpaired) electrons. The Bertz CT molecular complexity index is 267. The zero-order chi connectivity index (χ0) is 12.6. The molecular weight excluding hydrogens is 212 g/mol. The van der Waals surface area contributed by atoms with E-state index in [1.54, 1.807) is 0 Å². The third kappa shape index (κ3) is 2.67. The van der Waals surface area contributed by atoms with E-state index in [0.29, 0.717) is 11.5 Å². The number of likely N-dealkylation sites (tertiary alicyclic amines) is 1. The Labute approximate surface area is 106 Å². The Hall–Kier alpha value is -0.120. The van der Waals surface area contributed by atoms with Gasteiger partial charge >= 0.3 is 0 Å². The molecule has 0 aromatic rings. The molecule has 17 heavy (non-hydrogen) atoms. The summed E-state index contributed by atoms with van der Waals surface area (Å²) in [6.07, 6.45) is 2.69. The topological polar surface area (TPSA) is 15.7 Å². The first-order valence-corrected chi connectivity index (χ1v) is 6.96. The summed E-state index contributed by atoms with van der Waals surface area (Å²) >= 11 is 0. The lowest BCUT2D eigenvalue weighted by atomic mass is 10.0. The molecule has 0 spiro atoms. The highest BCUT2D eigenvalue weighted by molar-refractivity contribution is 5.16. The van der Waals surface area contributed by atoms with E-state index < -0.39 is 0 Å². The highest BCUT2D eigenvalue weighted by Gasteiger charge is 2.63. The first kappa shape index (κ1) is 13.3. The van der Waals surface area contributed by atoms with Crippen LogP contribution in [0, 0.1) is 5.41 Å². The van der Waals surface area contributed by atoms with Crippen LogP contribution in [0.5, 0.6) is 0 Å². The van der Waals surface area contributed by atoms with Crippen molar-refractivity contribution in [3.63, 3.8) is 0 Å². The van der Waals surface area contributed by atoms with Crippen molar-refractivity contribution in [1.29, 1.82) is 0 Å². The van der Waals surface area contributed by atoms with E-state index in [1.807, 2.05) is 0 Å². The number of likely N-dealkylation sites (N-methyl/N-ethyl adjacent to an activating group) is 1. The van der Waals surface area contributed by atoms with E-state index in [0.717, 1.165) is 31.8 Å². The van der Waals surface area contributed by atoms with Gasteiger partial charge in [0.05, 0.1) is 13.2 Å². The molecule has 0 amide bonds. The summed E-state index contributed by atoms with van der Waals surface area (Å²) in [5.41, 5.74) is 0.510. The number of hydrogen-bond donors (Lipinski definition) is 0. The van der Waals surface area contributed by atoms with Crippen molar-refractivity contribution in [2.75, 3.05) is 33.9 Å². The number of hydrogen-bond acceptors (Lipinski definition) is 3. The second kappa shape index (κ2) is 4.87. The average molecular weight is 240 g/mol. The summed E-state index contributed by atoms with van der Waals surface area (Å²) in [6, 6.07) is 2.23. The van der Waals surface area contributed by atoms with Crippen molar-refractivity contribution in [2.24, 2.45) is 5.41 Å². The third-order valence-corrected chi connectivity index (χ3v) is 4.39. The zero-order valence-electron chi connectivity index (χ0n) is 12.1. The number of nitrogens with zero attached hydrogens (tertiary/aromatic N) is 2. The third-order valence-electron chi connectivity index (χ3n) is 4.39. The minimum atomic E-state index is 0.510. The molecule has 0 bridgehead atoms. The van der Waals surface area contributed by atoms with E-state index >= 15 is 0 Å². The monoisotopic (exact) mass is 240 g/mol. The van der Waals surface area contributed by atoms with E-state index in [-0.39, 0.29) is 0 Å². The van der Waals surface area contributed by atoms with Gasteiger partial charge in [0, 0.05) is 30.1 Å². The van der Waals surface area contributed by atoms with Gasteiger partial charge in [-0.05, 0) is 47.7 Å². The van der Waals surface area contributed by atoms with Crippen LogP contribution in [0.25, 0.3) is 0 Å². The molecule has 100 valence electrons. The SMILES string of the molecule is CC(C)N1[C@H](C)C[C@@]2(COCCN(C)C)C[C@@H]12. The van der Waals surface area contributed by atoms with Gasteiger partial charge in [0.1, 0.15) is 0 Å². The number of piperidine rings is 1. The van der Waals surface area contributed by atoms with Gasteiger partial charge in [0.15, 0.2) is 0 Å². The van der Waals surface area contributed by atoms with E-state index in [9.17, 15) is 0 Å². The summed E-state index contributed by atoms with van der Waals surface area (Å²) in [5.74, 6) is 0. The maximum atomic E-state index is 5.88. The van der Waals surface area contributed by atoms with Gasteiger partial charge in [-0.2, -0.15) is 0 Å². The second-order valence-electron chi connectivity index (χ2n) is 6.53. The van der Waals surface area contributed by atoms with Crippen LogP contribution in [0.2, 0.25) is 0 Å². The predicted octanol–water partition coefficient (Wildman–Crippen LogP) is 1.83. The average Bonchev–Trinajstić information content (AvgIpc) is 2.79. The number of rotatable bonds is 6. The van der Waals surface area contributed by atoms with Crippen LogP contribution in [-0.4, -0.2) is 61.8 Å². The summed E-state index contributed by atoms with van der Waals surface area (Å²) in [7, 11) is 4.19. The van der Waals surface area contributed by atoms with Crippen molar-refractivity contribution < 1.29 is 4.74 Å². The molecule has 1 saturated carbocycles. The van der Waals surface area contributed by atoms with Gasteiger partial charge in [-0.15, -0.1) is 0 Å². The van der Waals surface area contributed by atoms with Gasteiger partial charge in [-0.1, -0.05) is 0 Å². The summed E-state index contributed by atoms with van der Waals surface area (Å²) in [6.45, 7) is 9.88. The Balaban J connectivity index is 1.77. The molecule has 1 aliphatic carbocycles. The van der Waals surface area contributed by atoms with Crippen molar-refractivity contribution in [2.45, 2.75) is 51.7 Å². The summed E-state index contributed by atoms with van der Waals surface area (Å²) in [4.78, 5) is 4.87. The van der Waals surface area contributed by atoms with Gasteiger partial charge in [0.25, 0.3) is 0 Å². The lowest BCUT2D eigenvalue weighted by Gasteiger charge is -2.28. The fourth-order valence-electron chi connectivity index (χ4n) is 3.57. The van der Waals surface area contributed by atoms with Crippen molar-refractivity contribution in [1.82, 2.24) is 9.80 Å². The molecule has 2 aliphatic rings. The fraction of sp³-hybridized carbons (Fsp3) is 1.00. The molecule has 3 nitrogen and oxygen atoms in total. The first-order valence-electron chi connectivity index (χ1n) is 6.96. The summed E-state index contributed by atoms with van der Waals surface area (Å²) in [5, 5.41) is 0. The smallest absolute Gasteiger partial charge is 0.0593 e. The molecule has 0 aromatic heterocycles. The number of ether oxygens (including phenoxy) is 1. The maximum absolute atomic E-state index is 5.88. The quantitative estimate of drug-likeness (QED) is 0.659. The molecule has 2 rings (SSSR count). The largest absolute Gasteiger partial charge is 0.379 e. The van der Waals surface area contributed by atoms with Crippen LogP contribution in [0.15, 0.2) is 0 Å². The Morgan fingerprint density at radius 2 is 2.06 bits per heavy atom.